The number of amides is 1. The van der Waals surface area contributed by atoms with E-state index < -0.39 is 6.10 Å². The van der Waals surface area contributed by atoms with Crippen LogP contribution >= 0.6 is 11.8 Å². The number of hydrogen-bond donors (Lipinski definition) is 1. The Bertz CT molecular complexity index is 409. The number of pyridine rings is 1. The summed E-state index contributed by atoms with van der Waals surface area (Å²) in [5.41, 5.74) is 1.06. The van der Waals surface area contributed by atoms with Gasteiger partial charge in [0.25, 0.3) is 5.91 Å². The molecule has 1 atom stereocenters. The Hall–Kier alpha value is -1.07. The molecular weight excluding hydrogens is 260 g/mol. The van der Waals surface area contributed by atoms with E-state index in [9.17, 15) is 9.90 Å². The Labute approximate surface area is 118 Å². The van der Waals surface area contributed by atoms with Crippen molar-refractivity contribution in [2.24, 2.45) is 0 Å². The molecule has 1 N–H and O–H groups in total. The van der Waals surface area contributed by atoms with Gasteiger partial charge in [0.1, 0.15) is 6.10 Å². The van der Waals surface area contributed by atoms with Gasteiger partial charge in [-0.1, -0.05) is 0 Å². The summed E-state index contributed by atoms with van der Waals surface area (Å²) in [6.45, 7) is 0.572. The Morgan fingerprint density at radius 2 is 2.21 bits per heavy atom. The molecule has 19 heavy (non-hydrogen) atoms. The molecule has 1 aliphatic rings. The molecular formula is C14H20N2O2S. The van der Waals surface area contributed by atoms with E-state index in [1.807, 2.05) is 23.3 Å². The van der Waals surface area contributed by atoms with Gasteiger partial charge < -0.3 is 10.0 Å². The van der Waals surface area contributed by atoms with Crippen LogP contribution < -0.4 is 0 Å². The van der Waals surface area contributed by atoms with Crippen LogP contribution in [0.25, 0.3) is 0 Å². The fourth-order valence-corrected chi connectivity index (χ4v) is 2.46. The average molecular weight is 280 g/mol. The van der Waals surface area contributed by atoms with E-state index in [2.05, 4.69) is 4.98 Å². The molecule has 1 saturated carbocycles. The smallest absolute Gasteiger partial charge is 0.251 e. The third-order valence-electron chi connectivity index (χ3n) is 3.25. The maximum Gasteiger partial charge on any atom is 0.251 e. The number of rotatable bonds is 7. The van der Waals surface area contributed by atoms with Crippen LogP contribution in [0.1, 0.15) is 24.8 Å². The summed E-state index contributed by atoms with van der Waals surface area (Å²) in [6.07, 6.45) is 7.20. The topological polar surface area (TPSA) is 53.4 Å². The Morgan fingerprint density at radius 1 is 1.53 bits per heavy atom. The monoisotopic (exact) mass is 280 g/mol. The summed E-state index contributed by atoms with van der Waals surface area (Å²) in [6, 6.07) is 4.14. The predicted octanol–water partition coefficient (Wildman–Crippen LogP) is 1.69. The van der Waals surface area contributed by atoms with Gasteiger partial charge in [0, 0.05) is 25.0 Å². The van der Waals surface area contributed by atoms with Crippen molar-refractivity contribution in [3.05, 3.63) is 30.1 Å². The SMILES string of the molecule is CSCC[C@@H](O)C(=O)N(Cc1ccncc1)C1CC1. The highest BCUT2D eigenvalue weighted by atomic mass is 32.2. The zero-order chi connectivity index (χ0) is 13.7. The van der Waals surface area contributed by atoms with Crippen LogP contribution in [0, 0.1) is 0 Å². The Balaban J connectivity index is 1.97. The average Bonchev–Trinajstić information content (AvgIpc) is 3.27. The lowest BCUT2D eigenvalue weighted by molar-refractivity contribution is -0.141. The summed E-state index contributed by atoms with van der Waals surface area (Å²) in [5, 5.41) is 9.96. The largest absolute Gasteiger partial charge is 0.383 e. The van der Waals surface area contributed by atoms with E-state index in [1.54, 1.807) is 24.2 Å². The summed E-state index contributed by atoms with van der Waals surface area (Å²) in [5.74, 6) is 0.675. The molecule has 0 spiro atoms. The highest BCUT2D eigenvalue weighted by Crippen LogP contribution is 2.29. The number of nitrogens with zero attached hydrogens (tertiary/aromatic N) is 2. The van der Waals surface area contributed by atoms with Crippen molar-refractivity contribution < 1.29 is 9.90 Å². The van der Waals surface area contributed by atoms with Crippen LogP contribution in [0.3, 0.4) is 0 Å². The molecule has 0 unspecified atom stereocenters. The number of thioether (sulfide) groups is 1. The molecule has 0 aliphatic heterocycles. The van der Waals surface area contributed by atoms with Crippen LogP contribution in [-0.4, -0.2) is 45.1 Å². The van der Waals surface area contributed by atoms with Crippen molar-refractivity contribution in [3.8, 4) is 0 Å². The number of aliphatic hydroxyl groups is 1. The second-order valence-electron chi connectivity index (χ2n) is 4.85. The first kappa shape index (κ1) is 14.3. The van der Waals surface area contributed by atoms with Gasteiger partial charge >= 0.3 is 0 Å². The van der Waals surface area contributed by atoms with E-state index in [0.717, 1.165) is 24.2 Å². The lowest BCUT2D eigenvalue weighted by atomic mass is 10.2. The van der Waals surface area contributed by atoms with Crippen LogP contribution in [0.2, 0.25) is 0 Å². The van der Waals surface area contributed by atoms with Gasteiger partial charge in [-0.05, 0) is 49.0 Å². The number of carbonyl (C=O) groups is 1. The fraction of sp³-hybridized carbons (Fsp3) is 0.571. The van der Waals surface area contributed by atoms with E-state index in [0.29, 0.717) is 19.0 Å². The van der Waals surface area contributed by atoms with Gasteiger partial charge in [-0.2, -0.15) is 11.8 Å². The van der Waals surface area contributed by atoms with E-state index in [-0.39, 0.29) is 5.91 Å². The molecule has 1 heterocycles. The summed E-state index contributed by atoms with van der Waals surface area (Å²) < 4.78 is 0. The van der Waals surface area contributed by atoms with Crippen molar-refractivity contribution in [3.63, 3.8) is 0 Å². The van der Waals surface area contributed by atoms with Crippen molar-refractivity contribution >= 4 is 17.7 Å². The molecule has 1 amide bonds. The molecule has 1 fully saturated rings. The Kier molecular flexibility index (Phi) is 5.22. The first-order valence-electron chi connectivity index (χ1n) is 6.58. The van der Waals surface area contributed by atoms with Crippen molar-refractivity contribution in [1.29, 1.82) is 0 Å². The highest BCUT2D eigenvalue weighted by molar-refractivity contribution is 7.98. The van der Waals surface area contributed by atoms with Crippen molar-refractivity contribution in [1.82, 2.24) is 9.88 Å². The second kappa shape index (κ2) is 6.91. The normalized spacial score (nSPS) is 16.1. The highest BCUT2D eigenvalue weighted by Gasteiger charge is 2.35. The van der Waals surface area contributed by atoms with Crippen molar-refractivity contribution in [2.75, 3.05) is 12.0 Å². The molecule has 1 aromatic rings. The minimum atomic E-state index is -0.866. The quantitative estimate of drug-likeness (QED) is 0.826. The molecule has 1 aliphatic carbocycles. The zero-order valence-electron chi connectivity index (χ0n) is 11.2. The standard InChI is InChI=1S/C14H20N2O2S/c1-19-9-6-13(17)14(18)16(12-2-3-12)10-11-4-7-15-8-5-11/h4-5,7-8,12-13,17H,2-3,6,9-10H2,1H3/t13-/m1/s1. The summed E-state index contributed by atoms with van der Waals surface area (Å²) >= 11 is 1.65. The van der Waals surface area contributed by atoms with Gasteiger partial charge in [-0.15, -0.1) is 0 Å². The molecule has 0 bridgehead atoms. The van der Waals surface area contributed by atoms with Gasteiger partial charge in [0.15, 0.2) is 0 Å². The molecule has 1 aromatic heterocycles. The van der Waals surface area contributed by atoms with Gasteiger partial charge in [-0.3, -0.25) is 9.78 Å². The first-order chi connectivity index (χ1) is 9.22. The van der Waals surface area contributed by atoms with Crippen LogP contribution in [-0.2, 0) is 11.3 Å². The number of carbonyl (C=O) groups excluding carboxylic acids is 1. The maximum absolute atomic E-state index is 12.3. The van der Waals surface area contributed by atoms with Gasteiger partial charge in [-0.25, -0.2) is 0 Å². The lowest BCUT2D eigenvalue weighted by Gasteiger charge is -2.25. The third kappa shape index (κ3) is 4.21. The Morgan fingerprint density at radius 3 is 2.79 bits per heavy atom. The van der Waals surface area contributed by atoms with Crippen LogP contribution in [0.5, 0.6) is 0 Å². The van der Waals surface area contributed by atoms with Gasteiger partial charge in [0.05, 0.1) is 0 Å². The molecule has 0 radical (unpaired) electrons. The fourth-order valence-electron chi connectivity index (χ4n) is 2.00. The predicted molar refractivity (Wildman–Crippen MR) is 76.8 cm³/mol. The molecule has 5 heteroatoms. The van der Waals surface area contributed by atoms with Gasteiger partial charge in [0.2, 0.25) is 0 Å². The van der Waals surface area contributed by atoms with E-state index in [4.69, 9.17) is 0 Å². The van der Waals surface area contributed by atoms with E-state index >= 15 is 0 Å². The summed E-state index contributed by atoms with van der Waals surface area (Å²) in [4.78, 5) is 18.1. The van der Waals surface area contributed by atoms with Crippen LogP contribution in [0.15, 0.2) is 24.5 Å². The number of aromatic nitrogens is 1. The minimum absolute atomic E-state index is 0.131. The molecule has 0 saturated heterocycles. The third-order valence-corrected chi connectivity index (χ3v) is 3.90. The first-order valence-corrected chi connectivity index (χ1v) is 7.98. The minimum Gasteiger partial charge on any atom is -0.383 e. The molecule has 104 valence electrons. The molecule has 0 aromatic carbocycles. The van der Waals surface area contributed by atoms with E-state index in [1.165, 1.54) is 0 Å². The lowest BCUT2D eigenvalue weighted by Crippen LogP contribution is -2.40. The second-order valence-corrected chi connectivity index (χ2v) is 5.84. The molecule has 4 nitrogen and oxygen atoms in total. The molecule has 2 rings (SSSR count). The maximum atomic E-state index is 12.3. The van der Waals surface area contributed by atoms with Crippen LogP contribution in [0.4, 0.5) is 0 Å². The number of hydrogen-bond acceptors (Lipinski definition) is 4. The zero-order valence-corrected chi connectivity index (χ0v) is 12.0. The number of aliphatic hydroxyl groups excluding tert-OH is 1. The summed E-state index contributed by atoms with van der Waals surface area (Å²) in [7, 11) is 0. The van der Waals surface area contributed by atoms with Crippen molar-refractivity contribution in [2.45, 2.75) is 38.0 Å².